The summed E-state index contributed by atoms with van der Waals surface area (Å²) in [6.45, 7) is 4.94. The highest BCUT2D eigenvalue weighted by atomic mass is 16.5. The third kappa shape index (κ3) is 2.11. The van der Waals surface area contributed by atoms with Gasteiger partial charge in [0.25, 0.3) is 0 Å². The lowest BCUT2D eigenvalue weighted by Gasteiger charge is -2.06. The average molecular weight is 231 g/mol. The van der Waals surface area contributed by atoms with E-state index < -0.39 is 0 Å². The zero-order valence-corrected chi connectivity index (χ0v) is 10.4. The summed E-state index contributed by atoms with van der Waals surface area (Å²) in [4.78, 5) is 0. The first kappa shape index (κ1) is 11.5. The Morgan fingerprint density at radius 3 is 2.71 bits per heavy atom. The zero-order chi connectivity index (χ0) is 12.4. The number of rotatable bonds is 3. The van der Waals surface area contributed by atoms with Crippen LogP contribution in [0.15, 0.2) is 24.4 Å². The van der Waals surface area contributed by atoms with E-state index in [1.54, 1.807) is 7.11 Å². The number of nitrogens with two attached hydrogens (primary N) is 1. The summed E-state index contributed by atoms with van der Waals surface area (Å²) in [6, 6.07) is 5.80. The van der Waals surface area contributed by atoms with E-state index in [0.717, 1.165) is 23.4 Å². The van der Waals surface area contributed by atoms with Crippen LogP contribution in [-0.2, 0) is 6.54 Å². The number of anilines is 1. The lowest BCUT2D eigenvalue weighted by Crippen LogP contribution is -1.93. The summed E-state index contributed by atoms with van der Waals surface area (Å²) in [5, 5.41) is 4.42. The Hall–Kier alpha value is -1.97. The van der Waals surface area contributed by atoms with E-state index in [0.29, 0.717) is 11.4 Å². The van der Waals surface area contributed by atoms with Crippen LogP contribution in [0.5, 0.6) is 5.75 Å². The largest absolute Gasteiger partial charge is 0.495 e. The van der Waals surface area contributed by atoms with Crippen molar-refractivity contribution in [3.05, 3.63) is 30.1 Å². The van der Waals surface area contributed by atoms with E-state index >= 15 is 0 Å². The number of benzene rings is 1. The van der Waals surface area contributed by atoms with E-state index in [4.69, 9.17) is 10.5 Å². The number of nitrogen functional groups attached to an aromatic ring is 1. The number of nitrogens with zero attached hydrogens (tertiary/aromatic N) is 2. The minimum absolute atomic E-state index is 0.647. The molecule has 2 aromatic rings. The second-order valence-corrected chi connectivity index (χ2v) is 3.94. The van der Waals surface area contributed by atoms with E-state index in [9.17, 15) is 0 Å². The fraction of sp³-hybridized carbons (Fsp3) is 0.308. The summed E-state index contributed by atoms with van der Waals surface area (Å²) in [5.74, 6) is 0.703. The zero-order valence-electron chi connectivity index (χ0n) is 10.4. The molecule has 0 saturated carbocycles. The normalized spacial score (nSPS) is 10.5. The molecule has 0 spiro atoms. The molecule has 0 atom stereocenters. The smallest absolute Gasteiger partial charge is 0.141 e. The minimum Gasteiger partial charge on any atom is -0.495 e. The molecule has 90 valence electrons. The van der Waals surface area contributed by atoms with E-state index in [2.05, 4.69) is 12.0 Å². The second kappa shape index (κ2) is 4.49. The molecular weight excluding hydrogens is 214 g/mol. The van der Waals surface area contributed by atoms with Crippen LogP contribution in [-0.4, -0.2) is 16.9 Å². The van der Waals surface area contributed by atoms with Gasteiger partial charge in [-0.25, -0.2) is 0 Å². The Labute approximate surface area is 101 Å². The molecule has 4 nitrogen and oxygen atoms in total. The molecule has 2 N–H and O–H groups in total. The van der Waals surface area contributed by atoms with Gasteiger partial charge < -0.3 is 10.5 Å². The highest BCUT2D eigenvalue weighted by Gasteiger charge is 2.08. The molecule has 1 aromatic heterocycles. The van der Waals surface area contributed by atoms with Crippen molar-refractivity contribution in [2.75, 3.05) is 12.8 Å². The van der Waals surface area contributed by atoms with Crippen molar-refractivity contribution < 1.29 is 4.74 Å². The number of methoxy groups -OCH3 is 1. The third-order valence-corrected chi connectivity index (χ3v) is 2.81. The van der Waals surface area contributed by atoms with Crippen molar-refractivity contribution in [3.63, 3.8) is 0 Å². The third-order valence-electron chi connectivity index (χ3n) is 2.81. The Balaban J connectivity index is 2.45. The Morgan fingerprint density at radius 1 is 1.41 bits per heavy atom. The predicted molar refractivity (Wildman–Crippen MR) is 69.0 cm³/mol. The SMILES string of the molecule is CCn1cc(-c2ccc(OC)c(N)c2)c(C)n1. The molecule has 17 heavy (non-hydrogen) atoms. The first-order chi connectivity index (χ1) is 8.15. The molecule has 0 aliphatic rings. The number of aromatic nitrogens is 2. The highest BCUT2D eigenvalue weighted by Crippen LogP contribution is 2.29. The maximum absolute atomic E-state index is 5.91. The maximum atomic E-state index is 5.91. The molecule has 0 amide bonds. The van der Waals surface area contributed by atoms with Gasteiger partial charge in [0, 0.05) is 18.3 Å². The first-order valence-electron chi connectivity index (χ1n) is 5.63. The van der Waals surface area contributed by atoms with Gasteiger partial charge in [0.05, 0.1) is 18.5 Å². The van der Waals surface area contributed by atoms with Gasteiger partial charge in [-0.3, -0.25) is 4.68 Å². The quantitative estimate of drug-likeness (QED) is 0.825. The van der Waals surface area contributed by atoms with Gasteiger partial charge in [-0.1, -0.05) is 6.07 Å². The van der Waals surface area contributed by atoms with Crippen molar-refractivity contribution in [3.8, 4) is 16.9 Å². The van der Waals surface area contributed by atoms with E-state index in [-0.39, 0.29) is 0 Å². The molecule has 0 aliphatic carbocycles. The van der Waals surface area contributed by atoms with E-state index in [1.165, 1.54) is 0 Å². The molecule has 0 radical (unpaired) electrons. The summed E-state index contributed by atoms with van der Waals surface area (Å²) in [5.41, 5.74) is 9.75. The van der Waals surface area contributed by atoms with Gasteiger partial charge >= 0.3 is 0 Å². The molecular formula is C13H17N3O. The van der Waals surface area contributed by atoms with Crippen LogP contribution in [0.4, 0.5) is 5.69 Å². The van der Waals surface area contributed by atoms with Crippen LogP contribution in [0.2, 0.25) is 0 Å². The highest BCUT2D eigenvalue weighted by molar-refractivity contribution is 5.71. The summed E-state index contributed by atoms with van der Waals surface area (Å²) in [7, 11) is 1.62. The Morgan fingerprint density at radius 2 is 2.18 bits per heavy atom. The van der Waals surface area contributed by atoms with Crippen LogP contribution in [0, 0.1) is 6.92 Å². The van der Waals surface area contributed by atoms with E-state index in [1.807, 2.05) is 36.0 Å². The van der Waals surface area contributed by atoms with Gasteiger partial charge in [0.2, 0.25) is 0 Å². The first-order valence-corrected chi connectivity index (χ1v) is 5.63. The number of hydrogen-bond donors (Lipinski definition) is 1. The van der Waals surface area contributed by atoms with Crippen molar-refractivity contribution in [2.45, 2.75) is 20.4 Å². The van der Waals surface area contributed by atoms with Gasteiger partial charge in [-0.2, -0.15) is 5.10 Å². The molecule has 0 saturated heterocycles. The molecule has 2 rings (SSSR count). The molecule has 0 unspecified atom stereocenters. The molecule has 0 fully saturated rings. The van der Waals surface area contributed by atoms with Crippen molar-refractivity contribution >= 4 is 5.69 Å². The molecule has 4 heteroatoms. The standard InChI is InChI=1S/C13H17N3O/c1-4-16-8-11(9(2)15-16)10-5-6-13(17-3)12(14)7-10/h5-8H,4,14H2,1-3H3. The fourth-order valence-electron chi connectivity index (χ4n) is 1.87. The predicted octanol–water partition coefficient (Wildman–Crippen LogP) is 2.47. The number of aryl methyl sites for hydroxylation is 2. The van der Waals surface area contributed by atoms with Gasteiger partial charge in [0.1, 0.15) is 5.75 Å². The summed E-state index contributed by atoms with van der Waals surface area (Å²) >= 11 is 0. The molecule has 0 aliphatic heterocycles. The van der Waals surface area contributed by atoms with Gasteiger partial charge in [-0.05, 0) is 31.5 Å². The van der Waals surface area contributed by atoms with Gasteiger partial charge in [-0.15, -0.1) is 0 Å². The van der Waals surface area contributed by atoms with Gasteiger partial charge in [0.15, 0.2) is 0 Å². The Bertz CT molecular complexity index is 531. The summed E-state index contributed by atoms with van der Waals surface area (Å²) < 4.78 is 7.07. The van der Waals surface area contributed by atoms with Crippen LogP contribution < -0.4 is 10.5 Å². The lowest BCUT2D eigenvalue weighted by molar-refractivity contribution is 0.417. The topological polar surface area (TPSA) is 53.1 Å². The maximum Gasteiger partial charge on any atom is 0.141 e. The van der Waals surface area contributed by atoms with Crippen LogP contribution in [0.1, 0.15) is 12.6 Å². The monoisotopic (exact) mass is 231 g/mol. The van der Waals surface area contributed by atoms with Crippen molar-refractivity contribution in [1.82, 2.24) is 9.78 Å². The fourth-order valence-corrected chi connectivity index (χ4v) is 1.87. The second-order valence-electron chi connectivity index (χ2n) is 3.94. The average Bonchev–Trinajstić information content (AvgIpc) is 2.70. The lowest BCUT2D eigenvalue weighted by atomic mass is 10.1. The number of hydrogen-bond acceptors (Lipinski definition) is 3. The van der Waals surface area contributed by atoms with Crippen molar-refractivity contribution in [2.24, 2.45) is 0 Å². The van der Waals surface area contributed by atoms with Crippen molar-refractivity contribution in [1.29, 1.82) is 0 Å². The summed E-state index contributed by atoms with van der Waals surface area (Å²) in [6.07, 6.45) is 2.04. The van der Waals surface area contributed by atoms with Crippen LogP contribution in [0.3, 0.4) is 0 Å². The minimum atomic E-state index is 0.647. The van der Waals surface area contributed by atoms with Crippen LogP contribution in [0.25, 0.3) is 11.1 Å². The molecule has 1 aromatic carbocycles. The molecule has 1 heterocycles. The number of ether oxygens (including phenoxy) is 1. The molecule has 0 bridgehead atoms. The van der Waals surface area contributed by atoms with Crippen LogP contribution >= 0.6 is 0 Å². The Kier molecular flexibility index (Phi) is 3.04.